The van der Waals surface area contributed by atoms with Gasteiger partial charge in [0.2, 0.25) is 0 Å². The van der Waals surface area contributed by atoms with Crippen LogP contribution in [0.25, 0.3) is 0 Å². The van der Waals surface area contributed by atoms with E-state index in [1.807, 2.05) is 12.1 Å². The summed E-state index contributed by atoms with van der Waals surface area (Å²) in [5.74, 6) is 1.65. The maximum absolute atomic E-state index is 9.09. The van der Waals surface area contributed by atoms with Crippen molar-refractivity contribution in [2.45, 2.75) is 56.8 Å². The van der Waals surface area contributed by atoms with Gasteiger partial charge in [0, 0.05) is 5.41 Å². The average molecular weight is 397 g/mol. The van der Waals surface area contributed by atoms with Crippen LogP contribution in [0.3, 0.4) is 0 Å². The van der Waals surface area contributed by atoms with Crippen molar-refractivity contribution in [3.63, 3.8) is 0 Å². The summed E-state index contributed by atoms with van der Waals surface area (Å²) in [6, 6.07) is 12.9. The zero-order chi connectivity index (χ0) is 20.9. The largest absolute Gasteiger partial charge is 0.491 e. The first-order valence-electron chi connectivity index (χ1n) is 10.5. The predicted octanol–water partition coefficient (Wildman–Crippen LogP) is 4.08. The highest BCUT2D eigenvalue weighted by Crippen LogP contribution is 2.63. The van der Waals surface area contributed by atoms with E-state index < -0.39 is 0 Å². The van der Waals surface area contributed by atoms with Crippen LogP contribution in [0.2, 0.25) is 0 Å². The van der Waals surface area contributed by atoms with Crippen LogP contribution in [0.5, 0.6) is 11.5 Å². The van der Waals surface area contributed by atoms with Gasteiger partial charge >= 0.3 is 0 Å². The van der Waals surface area contributed by atoms with E-state index in [1.54, 1.807) is 0 Å². The Bertz CT molecular complexity index is 838. The molecule has 2 N–H and O–H groups in total. The molecule has 0 heterocycles. The SMILES string of the molecule is CC1(C)CC2(CC(C)(C)c3cc(OCCO)ccc32)c2ccc(OCCO)cc21. The second-order valence-electron chi connectivity index (χ2n) is 9.76. The third kappa shape index (κ3) is 3.23. The van der Waals surface area contributed by atoms with Gasteiger partial charge in [0.15, 0.2) is 0 Å². The lowest BCUT2D eigenvalue weighted by Crippen LogP contribution is -2.26. The highest BCUT2D eigenvalue weighted by Gasteiger charge is 2.56. The molecule has 0 aromatic heterocycles. The third-order valence-electron chi connectivity index (χ3n) is 6.68. The molecule has 2 aliphatic rings. The summed E-state index contributed by atoms with van der Waals surface area (Å²) in [4.78, 5) is 0. The quantitative estimate of drug-likeness (QED) is 0.773. The Kier molecular flexibility index (Phi) is 4.91. The monoisotopic (exact) mass is 396 g/mol. The number of ether oxygens (including phenoxy) is 2. The van der Waals surface area contributed by atoms with E-state index >= 15 is 0 Å². The molecule has 0 saturated carbocycles. The Labute approximate surface area is 173 Å². The maximum Gasteiger partial charge on any atom is 0.119 e. The minimum Gasteiger partial charge on any atom is -0.491 e. The summed E-state index contributed by atoms with van der Waals surface area (Å²) < 4.78 is 11.4. The molecule has 2 aliphatic carbocycles. The van der Waals surface area contributed by atoms with Crippen LogP contribution in [-0.2, 0) is 16.2 Å². The lowest BCUT2D eigenvalue weighted by atomic mass is 9.72. The highest BCUT2D eigenvalue weighted by atomic mass is 16.5. The van der Waals surface area contributed by atoms with Gasteiger partial charge in [-0.3, -0.25) is 0 Å². The number of rotatable bonds is 6. The lowest BCUT2D eigenvalue weighted by Gasteiger charge is -2.30. The fourth-order valence-corrected chi connectivity index (χ4v) is 5.80. The van der Waals surface area contributed by atoms with Crippen molar-refractivity contribution in [2.24, 2.45) is 0 Å². The first-order chi connectivity index (χ1) is 13.7. The van der Waals surface area contributed by atoms with Crippen molar-refractivity contribution in [1.29, 1.82) is 0 Å². The van der Waals surface area contributed by atoms with Gasteiger partial charge in [-0.2, -0.15) is 0 Å². The summed E-state index contributed by atoms with van der Waals surface area (Å²) in [6.07, 6.45) is 2.12. The summed E-state index contributed by atoms with van der Waals surface area (Å²) in [5, 5.41) is 18.2. The maximum atomic E-state index is 9.09. The van der Waals surface area contributed by atoms with E-state index in [-0.39, 0.29) is 29.5 Å². The Morgan fingerprint density at radius 1 is 0.690 bits per heavy atom. The molecule has 0 aliphatic heterocycles. The Hall–Kier alpha value is -2.04. The van der Waals surface area contributed by atoms with Crippen molar-refractivity contribution in [2.75, 3.05) is 26.4 Å². The molecule has 2 aromatic rings. The fraction of sp³-hybridized carbons (Fsp3) is 0.520. The van der Waals surface area contributed by atoms with Gasteiger partial charge in [0.25, 0.3) is 0 Å². The van der Waals surface area contributed by atoms with Gasteiger partial charge in [-0.05, 0) is 70.2 Å². The van der Waals surface area contributed by atoms with Gasteiger partial charge < -0.3 is 19.7 Å². The number of hydrogen-bond acceptors (Lipinski definition) is 4. The molecule has 0 amide bonds. The van der Waals surface area contributed by atoms with E-state index in [2.05, 4.69) is 52.0 Å². The van der Waals surface area contributed by atoms with Gasteiger partial charge in [-0.25, -0.2) is 0 Å². The van der Waals surface area contributed by atoms with Crippen LogP contribution < -0.4 is 9.47 Å². The number of fused-ring (bicyclic) bond motifs is 4. The van der Waals surface area contributed by atoms with Gasteiger partial charge in [0.1, 0.15) is 24.7 Å². The normalized spacial score (nSPS) is 19.8. The van der Waals surface area contributed by atoms with E-state index in [0.29, 0.717) is 13.2 Å². The standard InChI is InChI=1S/C25H32O4/c1-23(2)15-25(19-7-5-17(13-21(19)23)28-11-9-26)16-24(3,4)22-14-18(29-12-10-27)6-8-20(22)25/h5-8,13-14,26-27H,9-12,15-16H2,1-4H3. The summed E-state index contributed by atoms with van der Waals surface area (Å²) >= 11 is 0. The van der Waals surface area contributed by atoms with Gasteiger partial charge in [-0.1, -0.05) is 39.8 Å². The van der Waals surface area contributed by atoms with Crippen LogP contribution >= 0.6 is 0 Å². The molecule has 0 atom stereocenters. The minimum absolute atomic E-state index is 0.0112. The number of hydrogen-bond donors (Lipinski definition) is 2. The average Bonchev–Trinajstić information content (AvgIpc) is 3.04. The zero-order valence-electron chi connectivity index (χ0n) is 17.9. The van der Waals surface area contributed by atoms with Crippen molar-refractivity contribution >= 4 is 0 Å². The first-order valence-corrected chi connectivity index (χ1v) is 10.5. The van der Waals surface area contributed by atoms with Crippen molar-refractivity contribution in [1.82, 2.24) is 0 Å². The Balaban J connectivity index is 1.81. The fourth-order valence-electron chi connectivity index (χ4n) is 5.80. The third-order valence-corrected chi connectivity index (χ3v) is 6.68. The van der Waals surface area contributed by atoms with Gasteiger partial charge in [0.05, 0.1) is 13.2 Å². The predicted molar refractivity (Wildman–Crippen MR) is 114 cm³/mol. The van der Waals surface area contributed by atoms with Crippen LogP contribution in [0.1, 0.15) is 62.8 Å². The first kappa shape index (κ1) is 20.2. The molecule has 156 valence electrons. The van der Waals surface area contributed by atoms with E-state index in [4.69, 9.17) is 19.7 Å². The van der Waals surface area contributed by atoms with Crippen LogP contribution in [0.15, 0.2) is 36.4 Å². The van der Waals surface area contributed by atoms with Crippen LogP contribution in [-0.4, -0.2) is 36.6 Å². The topological polar surface area (TPSA) is 58.9 Å². The molecule has 0 saturated heterocycles. The molecular formula is C25H32O4. The molecule has 0 bridgehead atoms. The number of benzene rings is 2. The molecule has 0 unspecified atom stereocenters. The van der Waals surface area contributed by atoms with E-state index in [1.165, 1.54) is 22.3 Å². The molecule has 4 nitrogen and oxygen atoms in total. The Morgan fingerprint density at radius 3 is 1.48 bits per heavy atom. The molecule has 29 heavy (non-hydrogen) atoms. The molecule has 4 heteroatoms. The summed E-state index contributed by atoms with van der Waals surface area (Å²) in [7, 11) is 0. The van der Waals surface area contributed by atoms with Crippen LogP contribution in [0, 0.1) is 0 Å². The van der Waals surface area contributed by atoms with Crippen LogP contribution in [0.4, 0.5) is 0 Å². The Morgan fingerprint density at radius 2 is 1.10 bits per heavy atom. The molecule has 0 fully saturated rings. The molecular weight excluding hydrogens is 364 g/mol. The number of aliphatic hydroxyl groups excluding tert-OH is 2. The van der Waals surface area contributed by atoms with Gasteiger partial charge in [-0.15, -0.1) is 0 Å². The van der Waals surface area contributed by atoms with E-state index in [0.717, 1.165) is 24.3 Å². The molecule has 1 spiro atoms. The lowest BCUT2D eigenvalue weighted by molar-refractivity contribution is 0.201. The molecule has 2 aromatic carbocycles. The molecule has 0 radical (unpaired) electrons. The van der Waals surface area contributed by atoms with Crippen molar-refractivity contribution in [3.8, 4) is 11.5 Å². The second-order valence-corrected chi connectivity index (χ2v) is 9.76. The molecule has 4 rings (SSSR count). The summed E-state index contributed by atoms with van der Waals surface area (Å²) in [6.45, 7) is 9.95. The highest BCUT2D eigenvalue weighted by molar-refractivity contribution is 5.61. The summed E-state index contributed by atoms with van der Waals surface area (Å²) in [5.41, 5.74) is 5.55. The van der Waals surface area contributed by atoms with Crippen molar-refractivity contribution < 1.29 is 19.7 Å². The minimum atomic E-state index is -0.0112. The second kappa shape index (κ2) is 7.03. The number of aliphatic hydroxyl groups is 2. The zero-order valence-corrected chi connectivity index (χ0v) is 17.9. The van der Waals surface area contributed by atoms with E-state index in [9.17, 15) is 0 Å². The van der Waals surface area contributed by atoms with Crippen molar-refractivity contribution in [3.05, 3.63) is 58.7 Å². The smallest absolute Gasteiger partial charge is 0.119 e.